The second-order valence-electron chi connectivity index (χ2n) is 6.48. The third-order valence-corrected chi connectivity index (χ3v) is 4.63. The van der Waals surface area contributed by atoms with Crippen LogP contribution in [0.4, 0.5) is 0 Å². The molecule has 0 saturated heterocycles. The van der Waals surface area contributed by atoms with E-state index in [1.165, 1.54) is 43.2 Å². The van der Waals surface area contributed by atoms with Gasteiger partial charge in [-0.15, -0.1) is 0 Å². The van der Waals surface area contributed by atoms with E-state index >= 15 is 0 Å². The molecular formula is C18H30N2. The molecule has 0 spiro atoms. The number of nitrogens with one attached hydrogen (secondary N) is 1. The molecule has 0 bridgehead atoms. The molecule has 1 atom stereocenters. The summed E-state index contributed by atoms with van der Waals surface area (Å²) >= 11 is 0. The van der Waals surface area contributed by atoms with Gasteiger partial charge in [0, 0.05) is 19.1 Å². The first-order valence-electron chi connectivity index (χ1n) is 8.10. The maximum absolute atomic E-state index is 3.56. The standard InChI is InChI=1S/C18H30N2/c1-15-8-7-9-16(12-15)13-20(3)14-18(19-2)17-10-5-4-6-11-17/h7-9,12,17-19H,4-6,10-11,13-14H2,1-3H3. The van der Waals surface area contributed by atoms with Crippen LogP contribution < -0.4 is 5.32 Å². The second kappa shape index (κ2) is 7.80. The van der Waals surface area contributed by atoms with Gasteiger partial charge in [0.2, 0.25) is 0 Å². The Hall–Kier alpha value is -0.860. The number of rotatable bonds is 6. The number of nitrogens with zero attached hydrogens (tertiary/aromatic N) is 1. The molecule has 1 saturated carbocycles. The van der Waals surface area contributed by atoms with Gasteiger partial charge in [-0.25, -0.2) is 0 Å². The summed E-state index contributed by atoms with van der Waals surface area (Å²) in [6, 6.07) is 9.51. The van der Waals surface area contributed by atoms with Gasteiger partial charge in [0.1, 0.15) is 0 Å². The summed E-state index contributed by atoms with van der Waals surface area (Å²) in [7, 11) is 4.37. The topological polar surface area (TPSA) is 15.3 Å². The van der Waals surface area contributed by atoms with E-state index in [-0.39, 0.29) is 0 Å². The molecule has 2 rings (SSSR count). The lowest BCUT2D eigenvalue weighted by atomic mass is 9.83. The van der Waals surface area contributed by atoms with E-state index in [4.69, 9.17) is 0 Å². The fourth-order valence-electron chi connectivity index (χ4n) is 3.54. The van der Waals surface area contributed by atoms with Crippen LogP contribution in [0.2, 0.25) is 0 Å². The Morgan fingerprint density at radius 3 is 2.65 bits per heavy atom. The van der Waals surface area contributed by atoms with E-state index in [0.29, 0.717) is 6.04 Å². The predicted molar refractivity (Wildman–Crippen MR) is 86.9 cm³/mol. The van der Waals surface area contributed by atoms with Crippen LogP contribution in [0.3, 0.4) is 0 Å². The first-order chi connectivity index (χ1) is 9.69. The lowest BCUT2D eigenvalue weighted by Gasteiger charge is -2.33. The minimum absolute atomic E-state index is 0.644. The van der Waals surface area contributed by atoms with Crippen LogP contribution in [-0.4, -0.2) is 31.6 Å². The fourth-order valence-corrected chi connectivity index (χ4v) is 3.54. The Morgan fingerprint density at radius 2 is 2.00 bits per heavy atom. The largest absolute Gasteiger partial charge is 0.315 e. The molecule has 1 unspecified atom stereocenters. The van der Waals surface area contributed by atoms with Crippen molar-refractivity contribution >= 4 is 0 Å². The molecule has 0 heterocycles. The van der Waals surface area contributed by atoms with Gasteiger partial charge in [0.25, 0.3) is 0 Å². The zero-order chi connectivity index (χ0) is 14.4. The number of benzene rings is 1. The summed E-state index contributed by atoms with van der Waals surface area (Å²) in [5.74, 6) is 0.869. The summed E-state index contributed by atoms with van der Waals surface area (Å²) in [4.78, 5) is 2.46. The highest BCUT2D eigenvalue weighted by Crippen LogP contribution is 2.26. The Bertz CT molecular complexity index is 396. The molecule has 1 aromatic rings. The number of likely N-dealkylation sites (N-methyl/N-ethyl adjacent to an activating group) is 2. The van der Waals surface area contributed by atoms with Gasteiger partial charge in [-0.1, -0.05) is 49.1 Å². The molecule has 2 heteroatoms. The molecule has 20 heavy (non-hydrogen) atoms. The van der Waals surface area contributed by atoms with Crippen molar-refractivity contribution in [3.8, 4) is 0 Å². The quantitative estimate of drug-likeness (QED) is 0.853. The third kappa shape index (κ3) is 4.60. The monoisotopic (exact) mass is 274 g/mol. The van der Waals surface area contributed by atoms with E-state index in [9.17, 15) is 0 Å². The molecule has 112 valence electrons. The van der Waals surface area contributed by atoms with Gasteiger partial charge in [-0.05, 0) is 45.3 Å². The number of hydrogen-bond donors (Lipinski definition) is 1. The Kier molecular flexibility index (Phi) is 6.06. The summed E-state index contributed by atoms with van der Waals surface area (Å²) in [6.45, 7) is 4.36. The van der Waals surface area contributed by atoms with Crippen molar-refractivity contribution in [3.63, 3.8) is 0 Å². The fraction of sp³-hybridized carbons (Fsp3) is 0.667. The zero-order valence-corrected chi connectivity index (χ0v) is 13.4. The average Bonchev–Trinajstić information content (AvgIpc) is 2.45. The van der Waals surface area contributed by atoms with Crippen molar-refractivity contribution in [1.29, 1.82) is 0 Å². The summed E-state index contributed by atoms with van der Waals surface area (Å²) in [5, 5.41) is 3.56. The summed E-state index contributed by atoms with van der Waals surface area (Å²) in [5.41, 5.74) is 2.78. The minimum Gasteiger partial charge on any atom is -0.315 e. The molecule has 0 aromatic heterocycles. The van der Waals surface area contributed by atoms with Gasteiger partial charge < -0.3 is 10.2 Å². The summed E-state index contributed by atoms with van der Waals surface area (Å²) < 4.78 is 0. The average molecular weight is 274 g/mol. The van der Waals surface area contributed by atoms with Gasteiger partial charge in [0.15, 0.2) is 0 Å². The Balaban J connectivity index is 1.86. The van der Waals surface area contributed by atoms with Gasteiger partial charge in [-0.3, -0.25) is 0 Å². The number of aryl methyl sites for hydroxylation is 1. The summed E-state index contributed by atoms with van der Waals surface area (Å²) in [6.07, 6.45) is 7.09. The van der Waals surface area contributed by atoms with Crippen LogP contribution in [0.25, 0.3) is 0 Å². The lowest BCUT2D eigenvalue weighted by molar-refractivity contribution is 0.208. The number of hydrogen-bond acceptors (Lipinski definition) is 2. The molecule has 1 fully saturated rings. The molecule has 1 aliphatic carbocycles. The maximum Gasteiger partial charge on any atom is 0.0231 e. The first kappa shape index (κ1) is 15.5. The smallest absolute Gasteiger partial charge is 0.0231 e. The highest BCUT2D eigenvalue weighted by Gasteiger charge is 2.23. The van der Waals surface area contributed by atoms with Crippen molar-refractivity contribution < 1.29 is 0 Å². The van der Waals surface area contributed by atoms with E-state index < -0.39 is 0 Å². The van der Waals surface area contributed by atoms with Crippen molar-refractivity contribution in [2.24, 2.45) is 5.92 Å². The zero-order valence-electron chi connectivity index (χ0n) is 13.4. The van der Waals surface area contributed by atoms with Crippen molar-refractivity contribution in [3.05, 3.63) is 35.4 Å². The van der Waals surface area contributed by atoms with E-state index in [1.54, 1.807) is 0 Å². The SMILES string of the molecule is CNC(CN(C)Cc1cccc(C)c1)C1CCCCC1. The molecule has 1 aliphatic rings. The first-order valence-corrected chi connectivity index (χ1v) is 8.10. The van der Waals surface area contributed by atoms with E-state index in [1.807, 2.05) is 0 Å². The van der Waals surface area contributed by atoms with Gasteiger partial charge >= 0.3 is 0 Å². The highest BCUT2D eigenvalue weighted by molar-refractivity contribution is 5.22. The van der Waals surface area contributed by atoms with E-state index in [2.05, 4.69) is 55.5 Å². The van der Waals surface area contributed by atoms with Crippen molar-refractivity contribution in [2.75, 3.05) is 20.6 Å². The molecule has 1 aromatic carbocycles. The molecular weight excluding hydrogens is 244 g/mol. The maximum atomic E-state index is 3.56. The Morgan fingerprint density at radius 1 is 1.25 bits per heavy atom. The highest BCUT2D eigenvalue weighted by atomic mass is 15.1. The van der Waals surface area contributed by atoms with E-state index in [0.717, 1.165) is 19.0 Å². The predicted octanol–water partition coefficient (Wildman–Crippen LogP) is 3.60. The van der Waals surface area contributed by atoms with Crippen LogP contribution in [0, 0.1) is 12.8 Å². The van der Waals surface area contributed by atoms with Crippen LogP contribution in [-0.2, 0) is 6.54 Å². The Labute approximate surface area is 124 Å². The molecule has 0 aliphatic heterocycles. The van der Waals surface area contributed by atoms with Gasteiger partial charge in [0.05, 0.1) is 0 Å². The normalized spacial score (nSPS) is 18.4. The van der Waals surface area contributed by atoms with Crippen molar-refractivity contribution in [2.45, 2.75) is 51.6 Å². The van der Waals surface area contributed by atoms with Gasteiger partial charge in [-0.2, -0.15) is 0 Å². The third-order valence-electron chi connectivity index (χ3n) is 4.63. The van der Waals surface area contributed by atoms with Crippen LogP contribution >= 0.6 is 0 Å². The lowest BCUT2D eigenvalue weighted by Crippen LogP contribution is -2.43. The minimum atomic E-state index is 0.644. The van der Waals surface area contributed by atoms with Crippen molar-refractivity contribution in [1.82, 2.24) is 10.2 Å². The molecule has 0 radical (unpaired) electrons. The molecule has 1 N–H and O–H groups in total. The molecule has 0 amide bonds. The van der Waals surface area contributed by atoms with Crippen LogP contribution in [0.1, 0.15) is 43.2 Å². The molecule has 2 nitrogen and oxygen atoms in total. The van der Waals surface area contributed by atoms with Crippen LogP contribution in [0.5, 0.6) is 0 Å². The second-order valence-corrected chi connectivity index (χ2v) is 6.48. The van der Waals surface area contributed by atoms with Crippen LogP contribution in [0.15, 0.2) is 24.3 Å².